The van der Waals surface area contributed by atoms with Crippen molar-refractivity contribution in [3.63, 3.8) is 0 Å². The van der Waals surface area contributed by atoms with Crippen molar-refractivity contribution in [1.29, 1.82) is 0 Å². The van der Waals surface area contributed by atoms with Crippen molar-refractivity contribution < 1.29 is 14.2 Å². The molecule has 0 bridgehead atoms. The standard InChI is InChI=1S/C19H24FN3O2/c1-4-21-19(22-11-14-9-8-13(2)16(20)10-14)23-12-15-6-5-7-17(25-3)18(15)24/h5-10,24H,4,11-12H2,1-3H3,(H2,21,22,23). The van der Waals surface area contributed by atoms with E-state index in [-0.39, 0.29) is 11.6 Å². The zero-order valence-electron chi connectivity index (χ0n) is 14.8. The molecule has 0 unspecified atom stereocenters. The quantitative estimate of drug-likeness (QED) is 0.556. The van der Waals surface area contributed by atoms with Gasteiger partial charge in [0.1, 0.15) is 5.82 Å². The molecule has 0 saturated heterocycles. The minimum absolute atomic E-state index is 0.106. The summed E-state index contributed by atoms with van der Waals surface area (Å²) in [5, 5.41) is 16.4. The molecule has 2 aromatic carbocycles. The maximum Gasteiger partial charge on any atom is 0.191 e. The number of guanidine groups is 1. The van der Waals surface area contributed by atoms with Gasteiger partial charge in [-0.05, 0) is 37.1 Å². The van der Waals surface area contributed by atoms with Gasteiger partial charge in [-0.3, -0.25) is 0 Å². The van der Waals surface area contributed by atoms with Crippen molar-refractivity contribution >= 4 is 5.96 Å². The van der Waals surface area contributed by atoms with Crippen molar-refractivity contribution in [1.82, 2.24) is 10.6 Å². The monoisotopic (exact) mass is 345 g/mol. The maximum atomic E-state index is 13.6. The number of aliphatic imine (C=N–C) groups is 1. The third-order valence-corrected chi connectivity index (χ3v) is 3.75. The van der Waals surface area contributed by atoms with Crippen molar-refractivity contribution in [2.24, 2.45) is 4.99 Å². The predicted molar refractivity (Wildman–Crippen MR) is 97.5 cm³/mol. The summed E-state index contributed by atoms with van der Waals surface area (Å²) >= 11 is 0. The summed E-state index contributed by atoms with van der Waals surface area (Å²) in [4.78, 5) is 4.46. The molecule has 0 saturated carbocycles. The second-order valence-corrected chi connectivity index (χ2v) is 5.60. The Hall–Kier alpha value is -2.76. The van der Waals surface area contributed by atoms with Gasteiger partial charge in [-0.2, -0.15) is 0 Å². The van der Waals surface area contributed by atoms with Crippen LogP contribution in [0.4, 0.5) is 4.39 Å². The van der Waals surface area contributed by atoms with Crippen LogP contribution >= 0.6 is 0 Å². The minimum atomic E-state index is -0.230. The van der Waals surface area contributed by atoms with Gasteiger partial charge in [0.15, 0.2) is 17.5 Å². The summed E-state index contributed by atoms with van der Waals surface area (Å²) in [6, 6.07) is 10.4. The Morgan fingerprint density at radius 3 is 2.72 bits per heavy atom. The number of phenolic OH excluding ortho intramolecular Hbond substituents is 1. The average molecular weight is 345 g/mol. The van der Waals surface area contributed by atoms with Gasteiger partial charge in [-0.1, -0.05) is 24.3 Å². The Bertz CT molecular complexity index is 747. The number of nitrogens with zero attached hydrogens (tertiary/aromatic N) is 1. The third-order valence-electron chi connectivity index (χ3n) is 3.75. The predicted octanol–water partition coefficient (Wildman–Crippen LogP) is 3.10. The molecule has 25 heavy (non-hydrogen) atoms. The van der Waals surface area contributed by atoms with Gasteiger partial charge < -0.3 is 20.5 Å². The topological polar surface area (TPSA) is 65.9 Å². The molecule has 0 aliphatic carbocycles. The zero-order valence-corrected chi connectivity index (χ0v) is 14.8. The van der Waals surface area contributed by atoms with Crippen LogP contribution < -0.4 is 15.4 Å². The SMILES string of the molecule is CCNC(=NCc1ccc(C)c(F)c1)NCc1cccc(OC)c1O. The molecule has 2 aromatic rings. The van der Waals surface area contributed by atoms with Crippen LogP contribution in [-0.4, -0.2) is 24.7 Å². The second-order valence-electron chi connectivity index (χ2n) is 5.60. The molecule has 2 rings (SSSR count). The fraction of sp³-hybridized carbons (Fsp3) is 0.316. The molecule has 0 aromatic heterocycles. The Balaban J connectivity index is 2.06. The van der Waals surface area contributed by atoms with Crippen LogP contribution in [-0.2, 0) is 13.1 Å². The molecule has 6 heteroatoms. The number of hydrogen-bond donors (Lipinski definition) is 3. The van der Waals surface area contributed by atoms with E-state index in [1.807, 2.05) is 25.1 Å². The van der Waals surface area contributed by atoms with Crippen LogP contribution in [0, 0.1) is 12.7 Å². The lowest BCUT2D eigenvalue weighted by Gasteiger charge is -2.13. The molecule has 3 N–H and O–H groups in total. The number of aromatic hydroxyl groups is 1. The summed E-state index contributed by atoms with van der Waals surface area (Å²) in [5.41, 5.74) is 2.11. The van der Waals surface area contributed by atoms with Crippen LogP contribution in [0.5, 0.6) is 11.5 Å². The van der Waals surface area contributed by atoms with Gasteiger partial charge >= 0.3 is 0 Å². The Kier molecular flexibility index (Phi) is 6.62. The number of halogens is 1. The molecule has 5 nitrogen and oxygen atoms in total. The number of hydrogen-bond acceptors (Lipinski definition) is 3. The number of rotatable bonds is 6. The van der Waals surface area contributed by atoms with Crippen LogP contribution in [0.25, 0.3) is 0 Å². The minimum Gasteiger partial charge on any atom is -0.504 e. The molecular formula is C19H24FN3O2. The molecule has 0 fully saturated rings. The summed E-state index contributed by atoms with van der Waals surface area (Å²) in [6.45, 7) is 5.13. The molecular weight excluding hydrogens is 321 g/mol. The molecule has 0 heterocycles. The molecule has 134 valence electrons. The highest BCUT2D eigenvalue weighted by Gasteiger charge is 2.08. The van der Waals surface area contributed by atoms with E-state index in [0.29, 0.717) is 42.5 Å². The fourth-order valence-corrected chi connectivity index (χ4v) is 2.30. The summed E-state index contributed by atoms with van der Waals surface area (Å²) in [6.07, 6.45) is 0. The smallest absolute Gasteiger partial charge is 0.191 e. The van der Waals surface area contributed by atoms with Gasteiger partial charge in [-0.25, -0.2) is 9.38 Å². The number of aryl methyl sites for hydroxylation is 1. The van der Waals surface area contributed by atoms with E-state index in [1.54, 1.807) is 19.1 Å². The lowest BCUT2D eigenvalue weighted by molar-refractivity contribution is 0.370. The van der Waals surface area contributed by atoms with E-state index in [2.05, 4.69) is 15.6 Å². The van der Waals surface area contributed by atoms with E-state index in [0.717, 1.165) is 5.56 Å². The maximum absolute atomic E-state index is 13.6. The highest BCUT2D eigenvalue weighted by molar-refractivity contribution is 5.79. The van der Waals surface area contributed by atoms with Gasteiger partial charge in [0.2, 0.25) is 0 Å². The van der Waals surface area contributed by atoms with E-state index in [4.69, 9.17) is 4.74 Å². The van der Waals surface area contributed by atoms with Gasteiger partial charge in [-0.15, -0.1) is 0 Å². The zero-order chi connectivity index (χ0) is 18.2. The first-order chi connectivity index (χ1) is 12.0. The lowest BCUT2D eigenvalue weighted by Crippen LogP contribution is -2.36. The van der Waals surface area contributed by atoms with Gasteiger partial charge in [0.05, 0.1) is 13.7 Å². The number of para-hydroxylation sites is 1. The third kappa shape index (κ3) is 5.11. The van der Waals surface area contributed by atoms with Crippen molar-refractivity contribution in [2.45, 2.75) is 26.9 Å². The van der Waals surface area contributed by atoms with Crippen molar-refractivity contribution in [3.05, 3.63) is 58.9 Å². The Labute approximate surface area is 147 Å². The van der Waals surface area contributed by atoms with E-state index >= 15 is 0 Å². The molecule has 0 atom stereocenters. The van der Waals surface area contributed by atoms with Crippen LogP contribution in [0.15, 0.2) is 41.4 Å². The summed E-state index contributed by atoms with van der Waals surface area (Å²) in [7, 11) is 1.51. The largest absolute Gasteiger partial charge is 0.504 e. The van der Waals surface area contributed by atoms with E-state index in [9.17, 15) is 9.50 Å². The second kappa shape index (κ2) is 8.92. The highest BCUT2D eigenvalue weighted by atomic mass is 19.1. The molecule has 0 radical (unpaired) electrons. The Morgan fingerprint density at radius 2 is 2.04 bits per heavy atom. The fourth-order valence-electron chi connectivity index (χ4n) is 2.30. The first-order valence-electron chi connectivity index (χ1n) is 8.17. The molecule has 0 aliphatic rings. The number of benzene rings is 2. The van der Waals surface area contributed by atoms with Gasteiger partial charge in [0.25, 0.3) is 0 Å². The normalized spacial score (nSPS) is 11.3. The molecule has 0 amide bonds. The van der Waals surface area contributed by atoms with E-state index < -0.39 is 0 Å². The first kappa shape index (κ1) is 18.6. The number of ether oxygens (including phenoxy) is 1. The molecule has 0 spiro atoms. The number of nitrogens with one attached hydrogen (secondary N) is 2. The summed E-state index contributed by atoms with van der Waals surface area (Å²) in [5.74, 6) is 0.892. The molecule has 0 aliphatic heterocycles. The Morgan fingerprint density at radius 1 is 1.24 bits per heavy atom. The van der Waals surface area contributed by atoms with E-state index in [1.165, 1.54) is 13.2 Å². The van der Waals surface area contributed by atoms with Crippen LogP contribution in [0.2, 0.25) is 0 Å². The van der Waals surface area contributed by atoms with Crippen LogP contribution in [0.1, 0.15) is 23.6 Å². The van der Waals surface area contributed by atoms with Crippen LogP contribution in [0.3, 0.4) is 0 Å². The number of methoxy groups -OCH3 is 1. The summed E-state index contributed by atoms with van der Waals surface area (Å²) < 4.78 is 18.7. The average Bonchev–Trinajstić information content (AvgIpc) is 2.61. The lowest BCUT2D eigenvalue weighted by atomic mass is 10.1. The first-order valence-corrected chi connectivity index (χ1v) is 8.17. The van der Waals surface area contributed by atoms with Crippen molar-refractivity contribution in [3.8, 4) is 11.5 Å². The van der Waals surface area contributed by atoms with Gasteiger partial charge in [0, 0.05) is 18.7 Å². The highest BCUT2D eigenvalue weighted by Crippen LogP contribution is 2.29. The number of phenols is 1. The van der Waals surface area contributed by atoms with Crippen molar-refractivity contribution in [2.75, 3.05) is 13.7 Å².